The zero-order chi connectivity index (χ0) is 14.7. The summed E-state index contributed by atoms with van der Waals surface area (Å²) in [6, 6.07) is 6.08. The summed E-state index contributed by atoms with van der Waals surface area (Å²) in [5, 5.41) is 3.63. The first-order chi connectivity index (χ1) is 10.2. The lowest BCUT2D eigenvalue weighted by atomic mass is 9.97. The molecule has 2 aliphatic rings. The van der Waals surface area contributed by atoms with Crippen LogP contribution >= 0.6 is 0 Å². The maximum atomic E-state index is 13.7. The number of likely N-dealkylation sites (tertiary alicyclic amines) is 1. The highest BCUT2D eigenvalue weighted by molar-refractivity contribution is 5.29. The third-order valence-electron chi connectivity index (χ3n) is 4.50. The van der Waals surface area contributed by atoms with Crippen LogP contribution in [-0.4, -0.2) is 37.7 Å². The smallest absolute Gasteiger partial charge is 0.165 e. The number of piperidine rings is 1. The van der Waals surface area contributed by atoms with Gasteiger partial charge in [-0.2, -0.15) is 0 Å². The van der Waals surface area contributed by atoms with Crippen LogP contribution in [0.5, 0.6) is 5.75 Å². The summed E-state index contributed by atoms with van der Waals surface area (Å²) in [7, 11) is 1.50. The van der Waals surface area contributed by atoms with E-state index in [2.05, 4.69) is 10.2 Å². The van der Waals surface area contributed by atoms with Crippen molar-refractivity contribution >= 4 is 0 Å². The van der Waals surface area contributed by atoms with Gasteiger partial charge in [0, 0.05) is 19.1 Å². The predicted molar refractivity (Wildman–Crippen MR) is 82.0 cm³/mol. The Labute approximate surface area is 126 Å². The highest BCUT2D eigenvalue weighted by Gasteiger charge is 2.24. The number of rotatable bonds is 6. The monoisotopic (exact) mass is 292 g/mol. The molecule has 1 unspecified atom stereocenters. The van der Waals surface area contributed by atoms with Gasteiger partial charge in [-0.25, -0.2) is 4.39 Å². The van der Waals surface area contributed by atoms with E-state index in [0.29, 0.717) is 5.75 Å². The lowest BCUT2D eigenvalue weighted by Crippen LogP contribution is -2.39. The van der Waals surface area contributed by atoms with E-state index in [4.69, 9.17) is 4.74 Å². The predicted octanol–water partition coefficient (Wildman–Crippen LogP) is 2.80. The van der Waals surface area contributed by atoms with Gasteiger partial charge >= 0.3 is 0 Å². The van der Waals surface area contributed by atoms with Gasteiger partial charge in [0.25, 0.3) is 0 Å². The zero-order valence-corrected chi connectivity index (χ0v) is 12.8. The molecule has 1 saturated heterocycles. The fraction of sp³-hybridized carbons (Fsp3) is 0.647. The largest absolute Gasteiger partial charge is 0.494 e. The van der Waals surface area contributed by atoms with E-state index in [9.17, 15) is 4.39 Å². The summed E-state index contributed by atoms with van der Waals surface area (Å²) in [6.45, 7) is 4.21. The van der Waals surface area contributed by atoms with Crippen molar-refractivity contribution in [3.05, 3.63) is 29.6 Å². The fourth-order valence-electron chi connectivity index (χ4n) is 3.15. The molecule has 2 fully saturated rings. The minimum absolute atomic E-state index is 0.265. The number of nitrogens with one attached hydrogen (secondary N) is 1. The second kappa shape index (κ2) is 6.75. The standard InChI is InChI=1S/C17H25FN2O/c1-21-17-7-4-13(9-16(17)18)11-20-8-2-3-14(12-20)10-19-15-5-6-15/h4,7,9,14-15,19H,2-3,5-6,8,10-12H2,1H3. The van der Waals surface area contributed by atoms with Gasteiger partial charge in [-0.3, -0.25) is 4.90 Å². The van der Waals surface area contributed by atoms with Gasteiger partial charge in [0.05, 0.1) is 7.11 Å². The zero-order valence-electron chi connectivity index (χ0n) is 12.8. The van der Waals surface area contributed by atoms with Gasteiger partial charge in [0.2, 0.25) is 0 Å². The Kier molecular flexibility index (Phi) is 4.76. The Balaban J connectivity index is 1.52. The quantitative estimate of drug-likeness (QED) is 0.872. The van der Waals surface area contributed by atoms with Crippen molar-refractivity contribution in [2.75, 3.05) is 26.7 Å². The Morgan fingerprint density at radius 1 is 1.33 bits per heavy atom. The molecule has 1 aliphatic carbocycles. The number of ether oxygens (including phenoxy) is 1. The summed E-state index contributed by atoms with van der Waals surface area (Å²) in [6.07, 6.45) is 5.26. The molecule has 0 amide bonds. The van der Waals surface area contributed by atoms with Crippen molar-refractivity contribution in [1.82, 2.24) is 10.2 Å². The molecule has 1 saturated carbocycles. The number of nitrogens with zero attached hydrogens (tertiary/aromatic N) is 1. The van der Waals surface area contributed by atoms with Crippen molar-refractivity contribution in [1.29, 1.82) is 0 Å². The van der Waals surface area contributed by atoms with Gasteiger partial charge in [-0.15, -0.1) is 0 Å². The van der Waals surface area contributed by atoms with Crippen LogP contribution in [0.1, 0.15) is 31.2 Å². The first kappa shape index (κ1) is 14.8. The van der Waals surface area contributed by atoms with E-state index in [1.807, 2.05) is 6.07 Å². The van der Waals surface area contributed by atoms with Gasteiger partial charge in [0.15, 0.2) is 11.6 Å². The van der Waals surface area contributed by atoms with E-state index in [-0.39, 0.29) is 5.82 Å². The lowest BCUT2D eigenvalue weighted by Gasteiger charge is -2.33. The molecule has 21 heavy (non-hydrogen) atoms. The van der Waals surface area contributed by atoms with Crippen LogP contribution in [0.25, 0.3) is 0 Å². The van der Waals surface area contributed by atoms with Gasteiger partial charge in [-0.1, -0.05) is 6.07 Å². The third-order valence-corrected chi connectivity index (χ3v) is 4.50. The van der Waals surface area contributed by atoms with Crippen LogP contribution in [0.4, 0.5) is 4.39 Å². The van der Waals surface area contributed by atoms with E-state index in [0.717, 1.165) is 43.7 Å². The highest BCUT2D eigenvalue weighted by Crippen LogP contribution is 2.23. The molecule has 116 valence electrons. The van der Waals surface area contributed by atoms with Crippen molar-refractivity contribution in [3.63, 3.8) is 0 Å². The van der Waals surface area contributed by atoms with Crippen molar-refractivity contribution in [2.45, 2.75) is 38.3 Å². The maximum absolute atomic E-state index is 13.7. The van der Waals surface area contributed by atoms with E-state index < -0.39 is 0 Å². The minimum atomic E-state index is -0.265. The minimum Gasteiger partial charge on any atom is -0.494 e. The third kappa shape index (κ3) is 4.17. The first-order valence-corrected chi connectivity index (χ1v) is 8.03. The molecule has 1 N–H and O–H groups in total. The Morgan fingerprint density at radius 3 is 2.90 bits per heavy atom. The summed E-state index contributed by atoms with van der Waals surface area (Å²) in [4.78, 5) is 2.45. The van der Waals surface area contributed by atoms with Crippen LogP contribution in [0.15, 0.2) is 18.2 Å². The normalized spacial score (nSPS) is 23.2. The van der Waals surface area contributed by atoms with Crippen LogP contribution in [0.3, 0.4) is 0 Å². The lowest BCUT2D eigenvalue weighted by molar-refractivity contribution is 0.165. The number of hydrogen-bond acceptors (Lipinski definition) is 3. The van der Waals surface area contributed by atoms with Crippen molar-refractivity contribution in [2.24, 2.45) is 5.92 Å². The van der Waals surface area contributed by atoms with Gasteiger partial charge < -0.3 is 10.1 Å². The molecule has 1 aromatic rings. The van der Waals surface area contributed by atoms with Crippen LogP contribution in [0, 0.1) is 11.7 Å². The van der Waals surface area contributed by atoms with Crippen LogP contribution < -0.4 is 10.1 Å². The van der Waals surface area contributed by atoms with Crippen LogP contribution in [0.2, 0.25) is 0 Å². The molecule has 1 aliphatic heterocycles. The molecule has 1 aromatic carbocycles. The second-order valence-electron chi connectivity index (χ2n) is 6.39. The summed E-state index contributed by atoms with van der Waals surface area (Å²) >= 11 is 0. The summed E-state index contributed by atoms with van der Waals surface area (Å²) in [5.74, 6) is 0.797. The van der Waals surface area contributed by atoms with E-state index in [1.54, 1.807) is 12.1 Å². The van der Waals surface area contributed by atoms with Gasteiger partial charge in [-0.05, 0) is 62.4 Å². The van der Waals surface area contributed by atoms with Crippen molar-refractivity contribution in [3.8, 4) is 5.75 Å². The average Bonchev–Trinajstić information content (AvgIpc) is 3.30. The molecule has 0 aromatic heterocycles. The number of methoxy groups -OCH3 is 1. The molecule has 0 spiro atoms. The Bertz CT molecular complexity index is 476. The molecule has 0 bridgehead atoms. The van der Waals surface area contributed by atoms with Crippen LogP contribution in [-0.2, 0) is 6.54 Å². The number of halogens is 1. The van der Waals surface area contributed by atoms with E-state index in [1.165, 1.54) is 32.8 Å². The van der Waals surface area contributed by atoms with Crippen molar-refractivity contribution < 1.29 is 9.13 Å². The first-order valence-electron chi connectivity index (χ1n) is 8.03. The molecule has 4 heteroatoms. The molecular formula is C17H25FN2O. The Morgan fingerprint density at radius 2 is 2.19 bits per heavy atom. The SMILES string of the molecule is COc1ccc(CN2CCCC(CNC3CC3)C2)cc1F. The fourth-order valence-corrected chi connectivity index (χ4v) is 3.15. The second-order valence-corrected chi connectivity index (χ2v) is 6.39. The number of benzene rings is 1. The van der Waals surface area contributed by atoms with E-state index >= 15 is 0 Å². The Hall–Kier alpha value is -1.13. The topological polar surface area (TPSA) is 24.5 Å². The number of hydrogen-bond donors (Lipinski definition) is 1. The average molecular weight is 292 g/mol. The highest BCUT2D eigenvalue weighted by atomic mass is 19.1. The molecule has 0 radical (unpaired) electrons. The molecular weight excluding hydrogens is 267 g/mol. The maximum Gasteiger partial charge on any atom is 0.165 e. The molecule has 3 nitrogen and oxygen atoms in total. The molecule has 1 heterocycles. The molecule has 3 rings (SSSR count). The summed E-state index contributed by atoms with van der Waals surface area (Å²) in [5.41, 5.74) is 1.03. The van der Waals surface area contributed by atoms with Gasteiger partial charge in [0.1, 0.15) is 0 Å². The summed E-state index contributed by atoms with van der Waals surface area (Å²) < 4.78 is 18.7. The molecule has 1 atom stereocenters.